The summed E-state index contributed by atoms with van der Waals surface area (Å²) < 4.78 is 7.83. The number of rotatable bonds is 12. The minimum Gasteiger partial charge on any atom is -0.506 e. The van der Waals surface area contributed by atoms with Gasteiger partial charge in [-0.1, -0.05) is 48.5 Å². The first-order valence-electron chi connectivity index (χ1n) is 18.5. The quantitative estimate of drug-likeness (QED) is 0.0717. The van der Waals surface area contributed by atoms with Crippen LogP contribution in [0.25, 0.3) is 32.1 Å². The first-order chi connectivity index (χ1) is 26.5. The number of phenolic OH excluding ortho intramolecular Hbond substituents is 1. The molecule has 0 radical (unpaired) electrons. The van der Waals surface area contributed by atoms with Crippen LogP contribution in [0.3, 0.4) is 0 Å². The Kier molecular flexibility index (Phi) is 11.3. The summed E-state index contributed by atoms with van der Waals surface area (Å²) >= 11 is 1.63. The summed E-state index contributed by atoms with van der Waals surface area (Å²) in [5.74, 6) is -0.164. The van der Waals surface area contributed by atoms with Crippen LogP contribution < -0.4 is 21.5 Å². The van der Waals surface area contributed by atoms with Gasteiger partial charge in [0.15, 0.2) is 0 Å². The number of aromatic nitrogens is 1. The molecule has 2 amide bonds. The number of aliphatic hydroxyl groups excluding tert-OH is 1. The average molecular weight is 761 g/mol. The van der Waals surface area contributed by atoms with E-state index in [0.717, 1.165) is 62.1 Å². The summed E-state index contributed by atoms with van der Waals surface area (Å²) in [6.07, 6.45) is 0.977. The number of amides is 2. The molecule has 0 saturated carbocycles. The van der Waals surface area contributed by atoms with Gasteiger partial charge in [-0.15, -0.1) is 11.3 Å². The number of pyridine rings is 1. The Morgan fingerprint density at radius 2 is 1.75 bits per heavy atom. The van der Waals surface area contributed by atoms with E-state index in [1.54, 1.807) is 23.5 Å². The van der Waals surface area contributed by atoms with Crippen LogP contribution in [-0.2, 0) is 22.5 Å². The number of aryl methyl sites for hydroxylation is 1. The van der Waals surface area contributed by atoms with E-state index in [2.05, 4.69) is 41.1 Å². The van der Waals surface area contributed by atoms with Gasteiger partial charge < -0.3 is 35.1 Å². The number of hydrogen-bond donors (Lipinski definition) is 6. The van der Waals surface area contributed by atoms with Gasteiger partial charge in [0, 0.05) is 64.6 Å². The van der Waals surface area contributed by atoms with Gasteiger partial charge in [0.25, 0.3) is 0 Å². The van der Waals surface area contributed by atoms with Gasteiger partial charge in [-0.05, 0) is 71.0 Å². The Labute approximate surface area is 323 Å². The number of piperidine rings is 1. The standard InChI is InChI=1S/C43H45N5O6S/c1-48(2)20-18-31(19-21-48)54-43(53)46-36-22-27(8-11-33(36)28-6-4-3-5-7-28)9-16-40(51)45-30-10-15-39-29(23-30)24-32(55-39)25-44-26-38(50)34-12-14-37(49)42-35(34)13-17-41(52)47-42/h3-8,10-15,17,22-24,31,38,44,50H,9,16,18-21,25-26H2,1-2H3,(H3-,45,46,47,49,51,52,53)/p+1/t38-/m0/s1. The fourth-order valence-corrected chi connectivity index (χ4v) is 8.12. The summed E-state index contributed by atoms with van der Waals surface area (Å²) in [5, 5.41) is 32.0. The van der Waals surface area contributed by atoms with Crippen LogP contribution in [-0.4, -0.2) is 71.5 Å². The van der Waals surface area contributed by atoms with Crippen molar-refractivity contribution in [2.24, 2.45) is 0 Å². The second kappa shape index (κ2) is 16.5. The van der Waals surface area contributed by atoms with Gasteiger partial charge in [-0.2, -0.15) is 0 Å². The summed E-state index contributed by atoms with van der Waals surface area (Å²) in [4.78, 5) is 41.6. The van der Waals surface area contributed by atoms with Crippen molar-refractivity contribution in [3.63, 3.8) is 0 Å². The number of benzene rings is 4. The number of aliphatic hydroxyl groups is 1. The molecular weight excluding hydrogens is 715 g/mol. The molecule has 0 spiro atoms. The van der Waals surface area contributed by atoms with E-state index in [1.165, 1.54) is 12.1 Å². The van der Waals surface area contributed by atoms with Crippen molar-refractivity contribution >= 4 is 55.7 Å². The minimum absolute atomic E-state index is 0.0495. The van der Waals surface area contributed by atoms with Gasteiger partial charge in [-0.25, -0.2) is 4.79 Å². The normalized spacial score (nSPS) is 14.8. The third-order valence-corrected chi connectivity index (χ3v) is 11.3. The number of likely N-dealkylation sites (tertiary alicyclic amines) is 1. The molecule has 55 heavy (non-hydrogen) atoms. The van der Waals surface area contributed by atoms with Gasteiger partial charge in [0.2, 0.25) is 11.5 Å². The lowest BCUT2D eigenvalue weighted by Gasteiger charge is -2.36. The fourth-order valence-electron chi connectivity index (χ4n) is 7.11. The smallest absolute Gasteiger partial charge is 0.411 e. The molecule has 1 fully saturated rings. The van der Waals surface area contributed by atoms with E-state index in [9.17, 15) is 24.6 Å². The molecule has 3 heterocycles. The molecule has 0 aliphatic carbocycles. The summed E-state index contributed by atoms with van der Waals surface area (Å²) in [5.41, 5.74) is 4.71. The fraction of sp³-hybridized carbons (Fsp3) is 0.279. The molecule has 6 N–H and O–H groups in total. The Balaban J connectivity index is 0.942. The lowest BCUT2D eigenvalue weighted by molar-refractivity contribution is -0.896. The zero-order valence-corrected chi connectivity index (χ0v) is 31.7. The van der Waals surface area contributed by atoms with Crippen molar-refractivity contribution in [3.8, 4) is 16.9 Å². The molecule has 1 saturated heterocycles. The number of aromatic amines is 1. The summed E-state index contributed by atoms with van der Waals surface area (Å²) in [7, 11) is 4.39. The third-order valence-electron chi connectivity index (χ3n) is 10.2. The molecule has 12 heteroatoms. The Hall–Kier alpha value is -5.53. The molecule has 1 aliphatic rings. The predicted octanol–water partition coefficient (Wildman–Crippen LogP) is 7.30. The average Bonchev–Trinajstić information content (AvgIpc) is 3.57. The Bertz CT molecular complexity index is 2380. The van der Waals surface area contributed by atoms with Gasteiger partial charge in [-0.3, -0.25) is 14.9 Å². The van der Waals surface area contributed by atoms with Gasteiger partial charge >= 0.3 is 6.09 Å². The van der Waals surface area contributed by atoms with Crippen LogP contribution in [0.15, 0.2) is 102 Å². The van der Waals surface area contributed by atoms with Crippen LogP contribution in [0.1, 0.15) is 41.4 Å². The van der Waals surface area contributed by atoms with E-state index in [-0.39, 0.29) is 36.3 Å². The van der Waals surface area contributed by atoms with Crippen LogP contribution in [0.4, 0.5) is 16.2 Å². The van der Waals surface area contributed by atoms with E-state index < -0.39 is 12.2 Å². The molecule has 4 aromatic carbocycles. The number of carbonyl (C=O) groups excluding carboxylic acids is 2. The van der Waals surface area contributed by atoms with Crippen LogP contribution in [0.2, 0.25) is 0 Å². The molecule has 6 aromatic rings. The maximum atomic E-state index is 13.1. The van der Waals surface area contributed by atoms with Crippen molar-refractivity contribution in [2.45, 2.75) is 44.4 Å². The van der Waals surface area contributed by atoms with E-state index in [4.69, 9.17) is 4.74 Å². The number of fused-ring (bicyclic) bond motifs is 2. The van der Waals surface area contributed by atoms with Gasteiger partial charge in [0.1, 0.15) is 11.9 Å². The van der Waals surface area contributed by atoms with Crippen molar-refractivity contribution in [2.75, 3.05) is 44.4 Å². The van der Waals surface area contributed by atoms with Crippen LogP contribution in [0.5, 0.6) is 5.75 Å². The number of nitrogens with one attached hydrogen (secondary N) is 4. The maximum absolute atomic E-state index is 13.1. The molecule has 11 nitrogen and oxygen atoms in total. The maximum Gasteiger partial charge on any atom is 0.411 e. The zero-order chi connectivity index (χ0) is 38.5. The minimum atomic E-state index is -0.856. The first kappa shape index (κ1) is 37.8. The molecular formula is C43H46N5O6S+. The molecule has 0 unspecified atom stereocenters. The number of carbonyl (C=O) groups is 2. The van der Waals surface area contributed by atoms with Crippen LogP contribution in [0, 0.1) is 0 Å². The highest BCUT2D eigenvalue weighted by molar-refractivity contribution is 7.19. The molecule has 2 aromatic heterocycles. The largest absolute Gasteiger partial charge is 0.506 e. The predicted molar refractivity (Wildman–Crippen MR) is 219 cm³/mol. The number of phenols is 1. The van der Waals surface area contributed by atoms with E-state index in [1.807, 2.05) is 66.7 Å². The molecule has 1 aliphatic heterocycles. The second-order valence-electron chi connectivity index (χ2n) is 14.8. The number of nitrogens with zero attached hydrogens (tertiary/aromatic N) is 1. The SMILES string of the molecule is C[N+]1(C)CCC(OC(=O)Nc2cc(CCC(=O)Nc3ccc4sc(CNC[C@H](O)c5ccc(O)c6[nH]c(=O)ccc56)cc4c3)ccc2-c2ccccc2)CC1. The lowest BCUT2D eigenvalue weighted by Crippen LogP contribution is -2.48. The zero-order valence-electron chi connectivity index (χ0n) is 30.9. The topological polar surface area (TPSA) is 153 Å². The number of thiophene rings is 1. The van der Waals surface area contributed by atoms with Crippen LogP contribution >= 0.6 is 11.3 Å². The number of anilines is 2. The summed E-state index contributed by atoms with van der Waals surface area (Å²) in [6.45, 7) is 2.72. The van der Waals surface area contributed by atoms with E-state index >= 15 is 0 Å². The highest BCUT2D eigenvalue weighted by Gasteiger charge is 2.28. The highest BCUT2D eigenvalue weighted by Crippen LogP contribution is 2.32. The molecule has 284 valence electrons. The van der Waals surface area contributed by atoms with Crippen molar-refractivity contribution in [1.82, 2.24) is 10.3 Å². The van der Waals surface area contributed by atoms with Crippen molar-refractivity contribution in [3.05, 3.63) is 123 Å². The molecule has 7 rings (SSSR count). The van der Waals surface area contributed by atoms with Crippen molar-refractivity contribution < 1.29 is 29.0 Å². The monoisotopic (exact) mass is 760 g/mol. The van der Waals surface area contributed by atoms with Crippen molar-refractivity contribution in [1.29, 1.82) is 0 Å². The van der Waals surface area contributed by atoms with Gasteiger partial charge in [0.05, 0.1) is 44.5 Å². The lowest BCUT2D eigenvalue weighted by atomic mass is 9.99. The third kappa shape index (κ3) is 9.41. The number of quaternary nitrogens is 1. The Morgan fingerprint density at radius 3 is 2.55 bits per heavy atom. The number of hydrogen-bond acceptors (Lipinski definition) is 8. The summed E-state index contributed by atoms with van der Waals surface area (Å²) in [6, 6.07) is 29.8. The highest BCUT2D eigenvalue weighted by atomic mass is 32.1. The number of H-pyrrole nitrogens is 1. The first-order valence-corrected chi connectivity index (χ1v) is 19.4. The number of ether oxygens (including phenoxy) is 1. The number of aromatic hydroxyl groups is 1. The molecule has 1 atom stereocenters. The Morgan fingerprint density at radius 1 is 0.945 bits per heavy atom. The molecule has 0 bridgehead atoms. The second-order valence-corrected chi connectivity index (χ2v) is 16.0. The van der Waals surface area contributed by atoms with E-state index in [0.29, 0.717) is 40.8 Å².